The van der Waals surface area contributed by atoms with Crippen molar-refractivity contribution < 1.29 is 4.52 Å². The van der Waals surface area contributed by atoms with Crippen LogP contribution in [0.3, 0.4) is 0 Å². The van der Waals surface area contributed by atoms with E-state index in [1.54, 1.807) is 28.3 Å². The number of fused-ring (bicyclic) bond motifs is 1. The molecule has 0 N–H and O–H groups in total. The third-order valence-corrected chi connectivity index (χ3v) is 6.46. The number of aromatic nitrogens is 4. The van der Waals surface area contributed by atoms with Crippen molar-refractivity contribution in [1.29, 1.82) is 0 Å². The molecule has 0 saturated carbocycles. The van der Waals surface area contributed by atoms with Crippen LogP contribution in [0.1, 0.15) is 11.3 Å². The summed E-state index contributed by atoms with van der Waals surface area (Å²) < 4.78 is 7.17. The molecule has 5 rings (SSSR count). The molecule has 0 amide bonds. The third kappa shape index (κ3) is 3.79. The van der Waals surface area contributed by atoms with Crippen LogP contribution < -0.4 is 5.56 Å². The topological polar surface area (TPSA) is 73.8 Å². The summed E-state index contributed by atoms with van der Waals surface area (Å²) >= 11 is 3.08. The zero-order chi connectivity index (χ0) is 20.3. The van der Waals surface area contributed by atoms with E-state index in [-0.39, 0.29) is 5.56 Å². The molecule has 0 aliphatic carbocycles. The highest BCUT2D eigenvalue weighted by Crippen LogP contribution is 2.28. The van der Waals surface area contributed by atoms with Crippen LogP contribution in [0, 0.1) is 0 Å². The smallest absolute Gasteiger partial charge is 0.262 e. The van der Waals surface area contributed by atoms with Crippen LogP contribution in [-0.2, 0) is 12.3 Å². The van der Waals surface area contributed by atoms with E-state index in [1.807, 2.05) is 60.0 Å². The highest BCUT2D eigenvalue weighted by Gasteiger charge is 2.14. The van der Waals surface area contributed by atoms with E-state index < -0.39 is 0 Å². The number of rotatable bonds is 6. The maximum absolute atomic E-state index is 13.2. The van der Waals surface area contributed by atoms with Crippen LogP contribution in [0.15, 0.2) is 86.8 Å². The normalized spacial score (nSPS) is 11.2. The minimum Gasteiger partial charge on any atom is -0.355 e. The third-order valence-electron chi connectivity index (χ3n) is 4.56. The van der Waals surface area contributed by atoms with E-state index in [0.29, 0.717) is 28.4 Å². The van der Waals surface area contributed by atoms with Gasteiger partial charge in [-0.2, -0.15) is 0 Å². The van der Waals surface area contributed by atoms with Crippen LogP contribution in [0.2, 0.25) is 0 Å². The molecule has 8 heteroatoms. The van der Waals surface area contributed by atoms with Gasteiger partial charge in [0.1, 0.15) is 0 Å². The maximum Gasteiger partial charge on any atom is 0.262 e. The SMILES string of the molecule is O=c1c2ccccc2nc(SCc2cc(-c3cccs3)on2)n1Cc1cccnc1. The van der Waals surface area contributed by atoms with Crippen molar-refractivity contribution in [2.24, 2.45) is 0 Å². The lowest BCUT2D eigenvalue weighted by Gasteiger charge is -2.12. The molecule has 0 unspecified atom stereocenters. The van der Waals surface area contributed by atoms with Crippen molar-refractivity contribution in [3.8, 4) is 10.6 Å². The van der Waals surface area contributed by atoms with Gasteiger partial charge in [0.25, 0.3) is 5.56 Å². The largest absolute Gasteiger partial charge is 0.355 e. The standard InChI is InChI=1S/C22H16N4O2S2/c27-21-17-6-1-2-7-18(17)24-22(26(21)13-15-5-3-9-23-12-15)30-14-16-11-19(28-25-16)20-8-4-10-29-20/h1-12H,13-14H2. The van der Waals surface area contributed by atoms with Gasteiger partial charge in [-0.25, -0.2) is 4.98 Å². The number of hydrogen-bond acceptors (Lipinski definition) is 7. The van der Waals surface area contributed by atoms with Gasteiger partial charge in [-0.1, -0.05) is 41.2 Å². The molecule has 0 saturated heterocycles. The number of thiophene rings is 1. The number of pyridine rings is 1. The highest BCUT2D eigenvalue weighted by atomic mass is 32.2. The lowest BCUT2D eigenvalue weighted by Crippen LogP contribution is -2.24. The number of thioether (sulfide) groups is 1. The number of para-hydroxylation sites is 1. The van der Waals surface area contributed by atoms with Gasteiger partial charge in [0.2, 0.25) is 0 Å². The van der Waals surface area contributed by atoms with Crippen molar-refractivity contribution in [2.45, 2.75) is 17.5 Å². The van der Waals surface area contributed by atoms with Gasteiger partial charge in [-0.05, 0) is 35.2 Å². The number of benzene rings is 1. The van der Waals surface area contributed by atoms with Crippen molar-refractivity contribution in [2.75, 3.05) is 0 Å². The molecule has 148 valence electrons. The van der Waals surface area contributed by atoms with Crippen LogP contribution in [-0.4, -0.2) is 19.7 Å². The highest BCUT2D eigenvalue weighted by molar-refractivity contribution is 7.98. The Hall–Kier alpha value is -3.23. The monoisotopic (exact) mass is 432 g/mol. The number of nitrogens with zero attached hydrogens (tertiary/aromatic N) is 4. The predicted molar refractivity (Wildman–Crippen MR) is 119 cm³/mol. The number of hydrogen-bond donors (Lipinski definition) is 0. The molecule has 4 aromatic heterocycles. The van der Waals surface area contributed by atoms with Gasteiger partial charge in [0.05, 0.1) is 28.0 Å². The van der Waals surface area contributed by atoms with Gasteiger partial charge in [-0.15, -0.1) is 11.3 Å². The quantitative estimate of drug-likeness (QED) is 0.282. The first kappa shape index (κ1) is 18.8. The summed E-state index contributed by atoms with van der Waals surface area (Å²) in [6.45, 7) is 0.409. The van der Waals surface area contributed by atoms with E-state index in [0.717, 1.165) is 21.9 Å². The Morgan fingerprint density at radius 1 is 1.10 bits per heavy atom. The fourth-order valence-electron chi connectivity index (χ4n) is 3.12. The minimum atomic E-state index is -0.0635. The van der Waals surface area contributed by atoms with Gasteiger partial charge >= 0.3 is 0 Å². The zero-order valence-electron chi connectivity index (χ0n) is 15.8. The zero-order valence-corrected chi connectivity index (χ0v) is 17.4. The molecule has 4 heterocycles. The van der Waals surface area contributed by atoms with Crippen LogP contribution in [0.5, 0.6) is 0 Å². The fraction of sp³-hybridized carbons (Fsp3) is 0.0909. The summed E-state index contributed by atoms with van der Waals surface area (Å²) in [5, 5.41) is 7.42. The van der Waals surface area contributed by atoms with Crippen LogP contribution in [0.4, 0.5) is 0 Å². The van der Waals surface area contributed by atoms with Gasteiger partial charge in [-0.3, -0.25) is 14.3 Å². The maximum atomic E-state index is 13.2. The fourth-order valence-corrected chi connectivity index (χ4v) is 4.68. The first-order valence-electron chi connectivity index (χ1n) is 9.29. The molecule has 0 fully saturated rings. The molecule has 0 aliphatic rings. The lowest BCUT2D eigenvalue weighted by molar-refractivity contribution is 0.427. The summed E-state index contributed by atoms with van der Waals surface area (Å²) in [6, 6.07) is 17.1. The Labute approximate surface area is 180 Å². The van der Waals surface area contributed by atoms with Crippen LogP contribution in [0.25, 0.3) is 21.5 Å². The second-order valence-corrected chi connectivity index (χ2v) is 8.50. The summed E-state index contributed by atoms with van der Waals surface area (Å²) in [7, 11) is 0. The molecule has 30 heavy (non-hydrogen) atoms. The van der Waals surface area contributed by atoms with E-state index in [9.17, 15) is 4.79 Å². The Balaban J connectivity index is 1.48. The van der Waals surface area contributed by atoms with Gasteiger partial charge in [0.15, 0.2) is 10.9 Å². The Kier molecular flexibility index (Phi) is 5.17. The van der Waals surface area contributed by atoms with Crippen molar-refractivity contribution >= 4 is 34.0 Å². The molecule has 1 aromatic carbocycles. The molecule has 0 spiro atoms. The summed E-state index contributed by atoms with van der Waals surface area (Å²) in [5.41, 5.74) is 2.37. The van der Waals surface area contributed by atoms with E-state index in [2.05, 4.69) is 10.1 Å². The molecular formula is C22H16N4O2S2. The lowest BCUT2D eigenvalue weighted by atomic mass is 10.2. The molecule has 0 aliphatic heterocycles. The van der Waals surface area contributed by atoms with Gasteiger partial charge in [0, 0.05) is 24.2 Å². The summed E-state index contributed by atoms with van der Waals surface area (Å²) in [6.07, 6.45) is 3.48. The Morgan fingerprint density at radius 2 is 2.03 bits per heavy atom. The molecule has 0 radical (unpaired) electrons. The average molecular weight is 433 g/mol. The molecular weight excluding hydrogens is 416 g/mol. The summed E-state index contributed by atoms with van der Waals surface area (Å²) in [4.78, 5) is 23.1. The van der Waals surface area contributed by atoms with Crippen molar-refractivity contribution in [3.05, 3.63) is 94.0 Å². The van der Waals surface area contributed by atoms with Crippen LogP contribution >= 0.6 is 23.1 Å². The van der Waals surface area contributed by atoms with E-state index in [1.165, 1.54) is 11.8 Å². The molecule has 0 atom stereocenters. The Bertz CT molecular complexity index is 1340. The first-order valence-corrected chi connectivity index (χ1v) is 11.2. The average Bonchev–Trinajstić information content (AvgIpc) is 3.47. The second kappa shape index (κ2) is 8.25. The van der Waals surface area contributed by atoms with Gasteiger partial charge < -0.3 is 4.52 Å². The van der Waals surface area contributed by atoms with Crippen molar-refractivity contribution in [3.63, 3.8) is 0 Å². The Morgan fingerprint density at radius 3 is 2.87 bits per heavy atom. The minimum absolute atomic E-state index is 0.0635. The molecule has 6 nitrogen and oxygen atoms in total. The second-order valence-electron chi connectivity index (χ2n) is 6.61. The molecule has 0 bridgehead atoms. The predicted octanol–water partition coefficient (Wildman–Crippen LogP) is 4.85. The van der Waals surface area contributed by atoms with E-state index >= 15 is 0 Å². The summed E-state index contributed by atoms with van der Waals surface area (Å²) in [5.74, 6) is 1.30. The first-order chi connectivity index (χ1) is 14.8. The van der Waals surface area contributed by atoms with E-state index in [4.69, 9.17) is 9.51 Å². The van der Waals surface area contributed by atoms with Crippen molar-refractivity contribution in [1.82, 2.24) is 19.7 Å². The molecule has 5 aromatic rings.